The Morgan fingerprint density at radius 2 is 1.45 bits per heavy atom. The second-order valence-corrected chi connectivity index (χ2v) is 7.39. The summed E-state index contributed by atoms with van der Waals surface area (Å²) in [6.07, 6.45) is 11.1. The maximum Gasteiger partial charge on any atom is 0.0235 e. The smallest absolute Gasteiger partial charge is 0.0235 e. The number of nitrogens with zero attached hydrogens (tertiary/aromatic N) is 2. The SMILES string of the molecule is CCC1CCC(N2CCC(N3CCC(N)CC3)C2)CC1. The van der Waals surface area contributed by atoms with Crippen LogP contribution in [0.4, 0.5) is 0 Å². The summed E-state index contributed by atoms with van der Waals surface area (Å²) in [7, 11) is 0. The quantitative estimate of drug-likeness (QED) is 0.861. The molecule has 0 bridgehead atoms. The molecule has 3 rings (SSSR count). The highest BCUT2D eigenvalue weighted by Gasteiger charge is 2.34. The molecule has 116 valence electrons. The highest BCUT2D eigenvalue weighted by Crippen LogP contribution is 2.32. The Labute approximate surface area is 124 Å². The van der Waals surface area contributed by atoms with E-state index in [1.807, 2.05) is 0 Å². The Kier molecular flexibility index (Phi) is 5.00. The van der Waals surface area contributed by atoms with Crippen molar-refractivity contribution in [1.29, 1.82) is 0 Å². The third-order valence-corrected chi connectivity index (χ3v) is 6.20. The molecule has 3 fully saturated rings. The van der Waals surface area contributed by atoms with E-state index in [1.54, 1.807) is 0 Å². The summed E-state index contributed by atoms with van der Waals surface area (Å²) in [5, 5.41) is 0. The average molecular weight is 279 g/mol. The molecule has 2 aliphatic heterocycles. The predicted molar refractivity (Wildman–Crippen MR) is 84.8 cm³/mol. The van der Waals surface area contributed by atoms with Crippen molar-refractivity contribution in [1.82, 2.24) is 9.80 Å². The molecule has 1 aliphatic carbocycles. The maximum absolute atomic E-state index is 6.03. The van der Waals surface area contributed by atoms with Gasteiger partial charge >= 0.3 is 0 Å². The van der Waals surface area contributed by atoms with Gasteiger partial charge in [0.15, 0.2) is 0 Å². The lowest BCUT2D eigenvalue weighted by Gasteiger charge is -2.37. The fraction of sp³-hybridized carbons (Fsp3) is 1.00. The predicted octanol–water partition coefficient (Wildman–Crippen LogP) is 2.45. The molecule has 1 atom stereocenters. The third-order valence-electron chi connectivity index (χ3n) is 6.20. The first-order chi connectivity index (χ1) is 9.76. The molecule has 2 heterocycles. The minimum Gasteiger partial charge on any atom is -0.328 e. The molecule has 0 spiro atoms. The summed E-state index contributed by atoms with van der Waals surface area (Å²) in [5.74, 6) is 1.02. The second kappa shape index (κ2) is 6.76. The molecule has 3 nitrogen and oxygen atoms in total. The van der Waals surface area contributed by atoms with Crippen LogP contribution in [0.15, 0.2) is 0 Å². The van der Waals surface area contributed by atoms with E-state index in [4.69, 9.17) is 5.73 Å². The lowest BCUT2D eigenvalue weighted by Crippen LogP contribution is -2.47. The number of piperidine rings is 1. The summed E-state index contributed by atoms with van der Waals surface area (Å²) in [5.41, 5.74) is 6.03. The Bertz CT molecular complexity index is 291. The zero-order valence-electron chi connectivity index (χ0n) is 13.3. The Morgan fingerprint density at radius 1 is 0.800 bits per heavy atom. The maximum atomic E-state index is 6.03. The van der Waals surface area contributed by atoms with Crippen LogP contribution in [-0.4, -0.2) is 54.1 Å². The molecule has 3 aliphatic rings. The van der Waals surface area contributed by atoms with E-state index in [2.05, 4.69) is 16.7 Å². The lowest BCUT2D eigenvalue weighted by molar-refractivity contribution is 0.126. The summed E-state index contributed by atoms with van der Waals surface area (Å²) in [6, 6.07) is 2.19. The molecule has 2 N–H and O–H groups in total. The minimum absolute atomic E-state index is 0.466. The van der Waals surface area contributed by atoms with E-state index < -0.39 is 0 Å². The topological polar surface area (TPSA) is 32.5 Å². The van der Waals surface area contributed by atoms with Gasteiger partial charge in [0.25, 0.3) is 0 Å². The Hall–Kier alpha value is -0.120. The number of hydrogen-bond donors (Lipinski definition) is 1. The van der Waals surface area contributed by atoms with E-state index in [0.717, 1.165) is 18.0 Å². The van der Waals surface area contributed by atoms with Crippen molar-refractivity contribution in [2.75, 3.05) is 26.2 Å². The van der Waals surface area contributed by atoms with Gasteiger partial charge in [-0.15, -0.1) is 0 Å². The van der Waals surface area contributed by atoms with Crippen molar-refractivity contribution in [3.8, 4) is 0 Å². The largest absolute Gasteiger partial charge is 0.328 e. The number of hydrogen-bond acceptors (Lipinski definition) is 3. The van der Waals surface area contributed by atoms with Gasteiger partial charge in [-0.3, -0.25) is 9.80 Å². The van der Waals surface area contributed by atoms with Gasteiger partial charge in [0.2, 0.25) is 0 Å². The molecule has 1 unspecified atom stereocenters. The van der Waals surface area contributed by atoms with Crippen LogP contribution in [0.5, 0.6) is 0 Å². The van der Waals surface area contributed by atoms with E-state index in [1.165, 1.54) is 77.5 Å². The summed E-state index contributed by atoms with van der Waals surface area (Å²) < 4.78 is 0. The molecule has 0 aromatic rings. The van der Waals surface area contributed by atoms with Crippen LogP contribution >= 0.6 is 0 Å². The zero-order chi connectivity index (χ0) is 13.9. The van der Waals surface area contributed by atoms with Crippen molar-refractivity contribution in [3.63, 3.8) is 0 Å². The van der Waals surface area contributed by atoms with Gasteiger partial charge in [-0.1, -0.05) is 13.3 Å². The van der Waals surface area contributed by atoms with Crippen molar-refractivity contribution in [3.05, 3.63) is 0 Å². The van der Waals surface area contributed by atoms with Gasteiger partial charge in [-0.05, 0) is 64.0 Å². The third kappa shape index (κ3) is 3.37. The number of rotatable bonds is 3. The van der Waals surface area contributed by atoms with Crippen LogP contribution in [-0.2, 0) is 0 Å². The standard InChI is InChI=1S/C17H33N3/c1-2-14-3-5-16(6-4-14)20-12-9-17(13-20)19-10-7-15(18)8-11-19/h14-17H,2-13,18H2,1H3. The molecule has 0 radical (unpaired) electrons. The molecule has 0 amide bonds. The summed E-state index contributed by atoms with van der Waals surface area (Å²) >= 11 is 0. The van der Waals surface area contributed by atoms with Crippen molar-refractivity contribution in [2.24, 2.45) is 11.7 Å². The van der Waals surface area contributed by atoms with Crippen LogP contribution in [0.25, 0.3) is 0 Å². The van der Waals surface area contributed by atoms with Crippen LogP contribution in [0.3, 0.4) is 0 Å². The summed E-state index contributed by atoms with van der Waals surface area (Å²) in [6.45, 7) is 7.51. The van der Waals surface area contributed by atoms with Gasteiger partial charge in [-0.25, -0.2) is 0 Å². The van der Waals surface area contributed by atoms with Gasteiger partial charge in [0, 0.05) is 31.2 Å². The van der Waals surface area contributed by atoms with Crippen LogP contribution in [0.1, 0.15) is 58.3 Å². The molecule has 2 saturated heterocycles. The molecule has 0 aromatic heterocycles. The van der Waals surface area contributed by atoms with E-state index in [0.29, 0.717) is 6.04 Å². The highest BCUT2D eigenvalue weighted by molar-refractivity contribution is 4.90. The monoisotopic (exact) mass is 279 g/mol. The van der Waals surface area contributed by atoms with Crippen LogP contribution in [0, 0.1) is 5.92 Å². The fourth-order valence-corrected chi connectivity index (χ4v) is 4.60. The van der Waals surface area contributed by atoms with Crippen LogP contribution < -0.4 is 5.73 Å². The normalized spacial score (nSPS) is 38.4. The van der Waals surface area contributed by atoms with E-state index in [9.17, 15) is 0 Å². The second-order valence-electron chi connectivity index (χ2n) is 7.39. The number of likely N-dealkylation sites (tertiary alicyclic amines) is 2. The zero-order valence-corrected chi connectivity index (χ0v) is 13.3. The van der Waals surface area contributed by atoms with Crippen LogP contribution in [0.2, 0.25) is 0 Å². The van der Waals surface area contributed by atoms with Gasteiger partial charge < -0.3 is 5.73 Å². The highest BCUT2D eigenvalue weighted by atomic mass is 15.3. The molecule has 1 saturated carbocycles. The molecule has 20 heavy (non-hydrogen) atoms. The first kappa shape index (κ1) is 14.8. The Morgan fingerprint density at radius 3 is 2.10 bits per heavy atom. The molecular formula is C17H33N3. The fourth-order valence-electron chi connectivity index (χ4n) is 4.60. The minimum atomic E-state index is 0.466. The van der Waals surface area contributed by atoms with Gasteiger partial charge in [0.1, 0.15) is 0 Å². The van der Waals surface area contributed by atoms with Gasteiger partial charge in [0.05, 0.1) is 0 Å². The van der Waals surface area contributed by atoms with Crippen molar-refractivity contribution in [2.45, 2.75) is 76.4 Å². The Balaban J connectivity index is 1.45. The van der Waals surface area contributed by atoms with E-state index in [-0.39, 0.29) is 0 Å². The first-order valence-corrected chi connectivity index (χ1v) is 9.00. The first-order valence-electron chi connectivity index (χ1n) is 9.00. The average Bonchev–Trinajstić information content (AvgIpc) is 2.98. The summed E-state index contributed by atoms with van der Waals surface area (Å²) in [4.78, 5) is 5.53. The molecule has 0 aromatic carbocycles. The van der Waals surface area contributed by atoms with E-state index >= 15 is 0 Å². The number of nitrogens with two attached hydrogens (primary N) is 1. The van der Waals surface area contributed by atoms with Crippen molar-refractivity contribution < 1.29 is 0 Å². The van der Waals surface area contributed by atoms with Crippen molar-refractivity contribution >= 4 is 0 Å². The molecular weight excluding hydrogens is 246 g/mol. The van der Waals surface area contributed by atoms with Gasteiger partial charge in [-0.2, -0.15) is 0 Å². The lowest BCUT2D eigenvalue weighted by atomic mass is 9.84. The molecule has 3 heteroatoms.